The van der Waals surface area contributed by atoms with Crippen molar-refractivity contribution in [2.45, 2.75) is 66.2 Å². The molecule has 4 bridgehead atoms. The normalized spacial score (nSPS) is 52.7. The third kappa shape index (κ3) is 1.01. The Morgan fingerprint density at radius 1 is 1.25 bits per heavy atom. The summed E-state index contributed by atoms with van der Waals surface area (Å²) < 4.78 is 0. The van der Waals surface area contributed by atoms with Crippen molar-refractivity contribution in [3.8, 4) is 0 Å². The molecular weight excluding hydrogens is 248 g/mol. The Balaban J connectivity index is 1.75. The summed E-state index contributed by atoms with van der Waals surface area (Å²) in [6.07, 6.45) is 6.71. The van der Waals surface area contributed by atoms with E-state index in [9.17, 15) is 4.79 Å². The number of carbonyl (C=O) groups is 1. The molecule has 5 unspecified atom stereocenters. The number of rotatable bonds is 3. The zero-order valence-electron chi connectivity index (χ0n) is 13.3. The monoisotopic (exact) mass is 276 g/mol. The van der Waals surface area contributed by atoms with Crippen LogP contribution < -0.4 is 0 Å². The number of hydrogen-bond acceptors (Lipinski definition) is 1. The van der Waals surface area contributed by atoms with Gasteiger partial charge in [0.05, 0.1) is 0 Å². The lowest BCUT2D eigenvalue weighted by Gasteiger charge is -2.48. The molecule has 0 aromatic carbocycles. The van der Waals surface area contributed by atoms with Crippen LogP contribution >= 0.6 is 0 Å². The highest BCUT2D eigenvalue weighted by molar-refractivity contribution is 5.66. The van der Waals surface area contributed by atoms with Crippen molar-refractivity contribution < 1.29 is 9.90 Å². The largest absolute Gasteiger partial charge is 0.481 e. The predicted molar refractivity (Wildman–Crippen MR) is 78.2 cm³/mol. The smallest absolute Gasteiger partial charge is 0.303 e. The van der Waals surface area contributed by atoms with Crippen LogP contribution in [0.3, 0.4) is 0 Å². The fourth-order valence-corrected chi connectivity index (χ4v) is 8.15. The van der Waals surface area contributed by atoms with Crippen molar-refractivity contribution in [1.82, 2.24) is 0 Å². The van der Waals surface area contributed by atoms with Gasteiger partial charge in [0.15, 0.2) is 0 Å². The summed E-state index contributed by atoms with van der Waals surface area (Å²) in [4.78, 5) is 11.0. The van der Waals surface area contributed by atoms with Crippen molar-refractivity contribution in [1.29, 1.82) is 0 Å². The molecule has 5 saturated carbocycles. The molecule has 20 heavy (non-hydrogen) atoms. The van der Waals surface area contributed by atoms with Crippen molar-refractivity contribution in [2.75, 3.05) is 0 Å². The van der Waals surface area contributed by atoms with Gasteiger partial charge >= 0.3 is 5.97 Å². The third-order valence-electron chi connectivity index (χ3n) is 8.65. The summed E-state index contributed by atoms with van der Waals surface area (Å²) in [5.41, 5.74) is 1.97. The summed E-state index contributed by atoms with van der Waals surface area (Å²) >= 11 is 0. The van der Waals surface area contributed by atoms with Crippen LogP contribution in [0.5, 0.6) is 0 Å². The second kappa shape index (κ2) is 3.28. The molecule has 0 amide bonds. The van der Waals surface area contributed by atoms with Gasteiger partial charge in [-0.2, -0.15) is 0 Å². The van der Waals surface area contributed by atoms with Crippen molar-refractivity contribution in [2.24, 2.45) is 39.4 Å². The highest BCUT2D eigenvalue weighted by atomic mass is 16.4. The molecule has 112 valence electrons. The van der Waals surface area contributed by atoms with Gasteiger partial charge in [0, 0.05) is 6.42 Å². The fourth-order valence-electron chi connectivity index (χ4n) is 8.15. The molecule has 0 saturated heterocycles. The summed E-state index contributed by atoms with van der Waals surface area (Å²) in [5.74, 6) is 1.86. The molecule has 0 aromatic heterocycles. The van der Waals surface area contributed by atoms with Crippen LogP contribution in [0.4, 0.5) is 0 Å². The van der Waals surface area contributed by atoms with E-state index in [0.29, 0.717) is 34.0 Å². The van der Waals surface area contributed by atoms with Gasteiger partial charge in [-0.25, -0.2) is 0 Å². The van der Waals surface area contributed by atoms with Gasteiger partial charge in [0.2, 0.25) is 0 Å². The van der Waals surface area contributed by atoms with E-state index in [0.717, 1.165) is 18.3 Å². The molecule has 5 aliphatic rings. The number of aliphatic carboxylic acids is 1. The van der Waals surface area contributed by atoms with E-state index in [1.807, 2.05) is 0 Å². The lowest BCUT2D eigenvalue weighted by molar-refractivity contribution is -0.137. The van der Waals surface area contributed by atoms with E-state index in [4.69, 9.17) is 5.11 Å². The maximum absolute atomic E-state index is 11.0. The van der Waals surface area contributed by atoms with E-state index < -0.39 is 5.97 Å². The zero-order valence-corrected chi connectivity index (χ0v) is 13.3. The maximum atomic E-state index is 11.0. The zero-order chi connectivity index (χ0) is 14.6. The van der Waals surface area contributed by atoms with Gasteiger partial charge in [-0.1, -0.05) is 27.7 Å². The van der Waals surface area contributed by atoms with Crippen LogP contribution in [0.25, 0.3) is 0 Å². The molecule has 0 aromatic rings. The number of carboxylic acids is 1. The number of carboxylic acid groups (broad SMARTS) is 1. The van der Waals surface area contributed by atoms with Crippen LogP contribution in [0.2, 0.25) is 0 Å². The van der Waals surface area contributed by atoms with Gasteiger partial charge in [-0.3, -0.25) is 4.79 Å². The molecule has 2 nitrogen and oxygen atoms in total. The molecule has 5 aliphatic carbocycles. The average molecular weight is 276 g/mol. The van der Waals surface area contributed by atoms with Crippen LogP contribution in [0.15, 0.2) is 0 Å². The first-order valence-corrected chi connectivity index (χ1v) is 8.43. The fraction of sp³-hybridized carbons (Fsp3) is 0.944. The third-order valence-corrected chi connectivity index (χ3v) is 8.65. The van der Waals surface area contributed by atoms with Crippen molar-refractivity contribution in [3.63, 3.8) is 0 Å². The standard InChI is InChI=1S/C18H28O2/c1-15(2)8-7-11(5-6-14(19)20)18-13-9-12(16(18,3)4)10-17(13,15)18/h11-13H,5-10H2,1-4H3,(H,19,20). The predicted octanol–water partition coefficient (Wildman–Crippen LogP) is 4.34. The molecule has 1 N–H and O–H groups in total. The maximum Gasteiger partial charge on any atom is 0.303 e. The minimum atomic E-state index is -0.611. The highest BCUT2D eigenvalue weighted by Crippen LogP contribution is 3.00. The Labute approximate surface area is 122 Å². The summed E-state index contributed by atoms with van der Waals surface area (Å²) in [7, 11) is 0. The first-order chi connectivity index (χ1) is 9.22. The van der Waals surface area contributed by atoms with E-state index in [1.54, 1.807) is 0 Å². The van der Waals surface area contributed by atoms with E-state index in [2.05, 4.69) is 27.7 Å². The van der Waals surface area contributed by atoms with Gasteiger partial charge in [0.25, 0.3) is 0 Å². The summed E-state index contributed by atoms with van der Waals surface area (Å²) in [6.45, 7) is 10.0. The molecule has 0 heterocycles. The van der Waals surface area contributed by atoms with Gasteiger partial charge in [0.1, 0.15) is 0 Å². The average Bonchev–Trinajstić information content (AvgIpc) is 2.60. The molecule has 0 radical (unpaired) electrons. The van der Waals surface area contributed by atoms with Crippen LogP contribution in [0.1, 0.15) is 66.2 Å². The first-order valence-electron chi connectivity index (χ1n) is 8.43. The Kier molecular flexibility index (Phi) is 2.16. The Morgan fingerprint density at radius 3 is 2.55 bits per heavy atom. The molecule has 5 atom stereocenters. The number of hydrogen-bond donors (Lipinski definition) is 1. The lowest BCUT2D eigenvalue weighted by atomic mass is 9.56. The van der Waals surface area contributed by atoms with E-state index in [1.165, 1.54) is 25.7 Å². The van der Waals surface area contributed by atoms with Gasteiger partial charge in [-0.05, 0) is 71.5 Å². The lowest BCUT2D eigenvalue weighted by Crippen LogP contribution is -2.42. The van der Waals surface area contributed by atoms with Crippen LogP contribution in [-0.2, 0) is 4.79 Å². The molecule has 2 heteroatoms. The quantitative estimate of drug-likeness (QED) is 0.832. The Morgan fingerprint density at radius 2 is 1.95 bits per heavy atom. The van der Waals surface area contributed by atoms with Crippen molar-refractivity contribution in [3.05, 3.63) is 0 Å². The minimum absolute atomic E-state index is 0.371. The van der Waals surface area contributed by atoms with Crippen LogP contribution in [-0.4, -0.2) is 11.1 Å². The SMILES string of the molecule is CC1(C)CCC(CCC(=O)O)C23C4CC(CC412)C3(C)C. The van der Waals surface area contributed by atoms with E-state index >= 15 is 0 Å². The second-order valence-electron chi connectivity index (χ2n) is 9.30. The molecule has 5 fully saturated rings. The summed E-state index contributed by atoms with van der Waals surface area (Å²) in [5, 5.41) is 9.09. The summed E-state index contributed by atoms with van der Waals surface area (Å²) in [6, 6.07) is 0. The van der Waals surface area contributed by atoms with Crippen molar-refractivity contribution >= 4 is 5.97 Å². The Hall–Kier alpha value is -0.530. The topological polar surface area (TPSA) is 37.3 Å². The van der Waals surface area contributed by atoms with E-state index in [-0.39, 0.29) is 0 Å². The Bertz CT molecular complexity index is 492. The molecular formula is C18H28O2. The highest BCUT2D eigenvalue weighted by Gasteiger charge is 2.95. The molecule has 5 rings (SSSR count). The molecule has 0 aliphatic heterocycles. The van der Waals surface area contributed by atoms with Gasteiger partial charge < -0.3 is 5.11 Å². The minimum Gasteiger partial charge on any atom is -0.481 e. The second-order valence-corrected chi connectivity index (χ2v) is 9.30. The first kappa shape index (κ1) is 13.2. The molecule has 2 spiro atoms. The van der Waals surface area contributed by atoms with Crippen LogP contribution in [0, 0.1) is 39.4 Å². The van der Waals surface area contributed by atoms with Gasteiger partial charge in [-0.15, -0.1) is 0 Å².